The van der Waals surface area contributed by atoms with Crippen LogP contribution in [0, 0.1) is 17.2 Å². The minimum Gasteiger partial charge on any atom is -0.356 e. The monoisotopic (exact) mass is 269 g/mol. The molecule has 1 saturated heterocycles. The molecule has 0 aromatic carbocycles. The zero-order valence-corrected chi connectivity index (χ0v) is 11.9. The van der Waals surface area contributed by atoms with Crippen LogP contribution in [-0.4, -0.2) is 23.9 Å². The largest absolute Gasteiger partial charge is 0.356 e. The van der Waals surface area contributed by atoms with Crippen molar-refractivity contribution in [1.29, 1.82) is 5.26 Å². The molecule has 0 N–H and O–H groups in total. The first-order valence-corrected chi connectivity index (χ1v) is 7.41. The summed E-state index contributed by atoms with van der Waals surface area (Å²) in [6, 6.07) is 3.98. The summed E-state index contributed by atoms with van der Waals surface area (Å²) in [7, 11) is 0. The molecule has 4 nitrogen and oxygen atoms in total. The molecule has 2 aliphatic rings. The molecular formula is C16H19N3O. The van der Waals surface area contributed by atoms with Crippen LogP contribution < -0.4 is 4.90 Å². The molecule has 0 radical (unpaired) electrons. The Morgan fingerprint density at radius 1 is 1.30 bits per heavy atom. The lowest BCUT2D eigenvalue weighted by Crippen LogP contribution is -2.32. The lowest BCUT2D eigenvalue weighted by Gasteiger charge is -2.30. The first kappa shape index (κ1) is 13.1. The quantitative estimate of drug-likeness (QED) is 0.786. The summed E-state index contributed by atoms with van der Waals surface area (Å²) in [6.07, 6.45) is 4.97. The molecule has 1 fully saturated rings. The first-order chi connectivity index (χ1) is 9.69. The molecule has 2 heterocycles. The third-order valence-electron chi connectivity index (χ3n) is 4.23. The van der Waals surface area contributed by atoms with E-state index in [1.807, 2.05) is 0 Å². The van der Waals surface area contributed by atoms with Gasteiger partial charge in [0.05, 0.1) is 11.3 Å². The number of carbonyl (C=O) groups is 1. The molecule has 1 aliphatic heterocycles. The SMILES string of the molecule is CC1CC(=O)c2cc(C#N)c(N3CCCCC3)nc2C1. The number of anilines is 1. The van der Waals surface area contributed by atoms with E-state index >= 15 is 0 Å². The first-order valence-electron chi connectivity index (χ1n) is 7.41. The van der Waals surface area contributed by atoms with Gasteiger partial charge in [-0.05, 0) is 37.7 Å². The molecule has 1 aromatic heterocycles. The van der Waals surface area contributed by atoms with Gasteiger partial charge in [0.1, 0.15) is 11.9 Å². The number of carbonyl (C=O) groups excluding carboxylic acids is 1. The van der Waals surface area contributed by atoms with E-state index in [9.17, 15) is 10.1 Å². The minimum absolute atomic E-state index is 0.132. The van der Waals surface area contributed by atoms with Crippen molar-refractivity contribution in [1.82, 2.24) is 4.98 Å². The number of rotatable bonds is 1. The van der Waals surface area contributed by atoms with Gasteiger partial charge in [-0.25, -0.2) is 4.98 Å². The molecule has 0 saturated carbocycles. The van der Waals surface area contributed by atoms with Gasteiger partial charge >= 0.3 is 0 Å². The average Bonchev–Trinajstić information content (AvgIpc) is 2.47. The van der Waals surface area contributed by atoms with Crippen molar-refractivity contribution < 1.29 is 4.79 Å². The number of pyridine rings is 1. The van der Waals surface area contributed by atoms with Gasteiger partial charge in [-0.3, -0.25) is 4.79 Å². The molecule has 4 heteroatoms. The fraction of sp³-hybridized carbons (Fsp3) is 0.562. The van der Waals surface area contributed by atoms with Crippen molar-refractivity contribution in [3.05, 3.63) is 22.9 Å². The number of hydrogen-bond acceptors (Lipinski definition) is 4. The third-order valence-corrected chi connectivity index (χ3v) is 4.23. The highest BCUT2D eigenvalue weighted by molar-refractivity contribution is 5.99. The number of ketones is 1. The van der Waals surface area contributed by atoms with E-state index in [1.165, 1.54) is 6.42 Å². The maximum Gasteiger partial charge on any atom is 0.165 e. The molecule has 1 aromatic rings. The van der Waals surface area contributed by atoms with Gasteiger partial charge in [-0.2, -0.15) is 5.26 Å². The van der Waals surface area contributed by atoms with E-state index in [0.29, 0.717) is 23.5 Å². The Bertz CT molecular complexity index is 582. The van der Waals surface area contributed by atoms with E-state index in [2.05, 4.69) is 17.9 Å². The predicted octanol–water partition coefficient (Wildman–Crippen LogP) is 2.71. The van der Waals surface area contributed by atoms with Gasteiger partial charge in [0, 0.05) is 25.1 Å². The van der Waals surface area contributed by atoms with Crippen LogP contribution in [0.15, 0.2) is 6.07 Å². The van der Waals surface area contributed by atoms with Crippen LogP contribution in [0.1, 0.15) is 54.2 Å². The van der Waals surface area contributed by atoms with Crippen molar-refractivity contribution in [2.75, 3.05) is 18.0 Å². The summed E-state index contributed by atoms with van der Waals surface area (Å²) in [4.78, 5) is 19.0. The van der Waals surface area contributed by atoms with E-state index in [-0.39, 0.29) is 5.78 Å². The normalized spacial score (nSPS) is 22.3. The van der Waals surface area contributed by atoms with Crippen LogP contribution in [0.25, 0.3) is 0 Å². The summed E-state index contributed by atoms with van der Waals surface area (Å²) < 4.78 is 0. The Hall–Kier alpha value is -1.89. The minimum atomic E-state index is 0.132. The van der Waals surface area contributed by atoms with Crippen LogP contribution in [0.4, 0.5) is 5.82 Å². The lowest BCUT2D eigenvalue weighted by atomic mass is 9.86. The summed E-state index contributed by atoms with van der Waals surface area (Å²) in [5.74, 6) is 1.27. The van der Waals surface area contributed by atoms with E-state index in [1.54, 1.807) is 6.07 Å². The van der Waals surface area contributed by atoms with Crippen LogP contribution in [0.3, 0.4) is 0 Å². The summed E-state index contributed by atoms with van der Waals surface area (Å²) in [5.41, 5.74) is 2.10. The molecule has 20 heavy (non-hydrogen) atoms. The molecule has 1 atom stereocenters. The Labute approximate surface area is 119 Å². The maximum absolute atomic E-state index is 12.1. The summed E-state index contributed by atoms with van der Waals surface area (Å²) in [6.45, 7) is 4.01. The van der Waals surface area contributed by atoms with Crippen LogP contribution >= 0.6 is 0 Å². The highest BCUT2D eigenvalue weighted by atomic mass is 16.1. The maximum atomic E-state index is 12.1. The molecule has 104 valence electrons. The van der Waals surface area contributed by atoms with Crippen LogP contribution in [0.5, 0.6) is 0 Å². The topological polar surface area (TPSA) is 57.0 Å². The molecular weight excluding hydrogens is 250 g/mol. The van der Waals surface area contributed by atoms with Crippen molar-refractivity contribution in [3.63, 3.8) is 0 Å². The number of piperidine rings is 1. The van der Waals surface area contributed by atoms with Gasteiger partial charge in [-0.1, -0.05) is 6.92 Å². The van der Waals surface area contributed by atoms with Gasteiger partial charge in [0.25, 0.3) is 0 Å². The van der Waals surface area contributed by atoms with Crippen molar-refractivity contribution in [2.24, 2.45) is 5.92 Å². The average molecular weight is 269 g/mol. The predicted molar refractivity (Wildman–Crippen MR) is 76.8 cm³/mol. The fourth-order valence-corrected chi connectivity index (χ4v) is 3.20. The summed E-state index contributed by atoms with van der Waals surface area (Å²) in [5, 5.41) is 9.36. The number of nitrogens with zero attached hydrogens (tertiary/aromatic N) is 3. The Kier molecular flexibility index (Phi) is 3.43. The van der Waals surface area contributed by atoms with Crippen molar-refractivity contribution in [3.8, 4) is 6.07 Å². The number of hydrogen-bond donors (Lipinski definition) is 0. The van der Waals surface area contributed by atoms with Gasteiger partial charge in [-0.15, -0.1) is 0 Å². The van der Waals surface area contributed by atoms with Crippen LogP contribution in [0.2, 0.25) is 0 Å². The zero-order valence-electron chi connectivity index (χ0n) is 11.9. The standard InChI is InChI=1S/C16H19N3O/c1-11-7-14-13(15(20)8-11)9-12(10-17)16(18-14)19-5-3-2-4-6-19/h9,11H,2-8H2,1H3. The number of fused-ring (bicyclic) bond motifs is 1. The van der Waals surface area contributed by atoms with E-state index < -0.39 is 0 Å². The Morgan fingerprint density at radius 3 is 2.75 bits per heavy atom. The lowest BCUT2D eigenvalue weighted by molar-refractivity contribution is 0.0952. The van der Waals surface area contributed by atoms with Crippen molar-refractivity contribution >= 4 is 11.6 Å². The third kappa shape index (κ3) is 2.29. The number of Topliss-reactive ketones (excluding diaryl/α,β-unsaturated/α-hetero) is 1. The molecule has 1 aliphatic carbocycles. The molecule has 1 unspecified atom stereocenters. The number of aromatic nitrogens is 1. The zero-order chi connectivity index (χ0) is 14.1. The molecule has 0 bridgehead atoms. The molecule has 0 spiro atoms. The highest BCUT2D eigenvalue weighted by Gasteiger charge is 2.27. The second-order valence-electron chi connectivity index (χ2n) is 5.95. The van der Waals surface area contributed by atoms with E-state index in [4.69, 9.17) is 4.98 Å². The van der Waals surface area contributed by atoms with Gasteiger partial charge in [0.2, 0.25) is 0 Å². The molecule has 3 rings (SSSR count). The van der Waals surface area contributed by atoms with Crippen LogP contribution in [-0.2, 0) is 6.42 Å². The smallest absolute Gasteiger partial charge is 0.165 e. The van der Waals surface area contributed by atoms with Gasteiger partial charge < -0.3 is 4.90 Å². The Morgan fingerprint density at radius 2 is 2.05 bits per heavy atom. The van der Waals surface area contributed by atoms with Gasteiger partial charge in [0.15, 0.2) is 5.78 Å². The highest BCUT2D eigenvalue weighted by Crippen LogP contribution is 2.30. The van der Waals surface area contributed by atoms with Crippen molar-refractivity contribution in [2.45, 2.75) is 39.0 Å². The van der Waals surface area contributed by atoms with E-state index in [0.717, 1.165) is 43.9 Å². The molecule has 0 amide bonds. The second-order valence-corrected chi connectivity index (χ2v) is 5.95. The second kappa shape index (κ2) is 5.24. The Balaban J connectivity index is 2.04. The fourth-order valence-electron chi connectivity index (χ4n) is 3.20. The summed E-state index contributed by atoms with van der Waals surface area (Å²) >= 11 is 0. The number of nitriles is 1.